The number of hydrogen-bond acceptors (Lipinski definition) is 2. The van der Waals surface area contributed by atoms with Crippen molar-refractivity contribution in [3.8, 4) is 0 Å². The average molecular weight is 231 g/mol. The minimum atomic E-state index is -0.00676. The van der Waals surface area contributed by atoms with E-state index in [2.05, 4.69) is 49.2 Å². The summed E-state index contributed by atoms with van der Waals surface area (Å²) in [6.45, 7) is 4.51. The van der Waals surface area contributed by atoms with E-state index in [1.807, 2.05) is 0 Å². The van der Waals surface area contributed by atoms with Crippen molar-refractivity contribution in [2.45, 2.75) is 31.5 Å². The maximum Gasteiger partial charge on any atom is 0.0988 e. The van der Waals surface area contributed by atoms with E-state index in [9.17, 15) is 0 Å². The summed E-state index contributed by atoms with van der Waals surface area (Å²) in [7, 11) is 2.22. The number of piperidine rings is 1. The van der Waals surface area contributed by atoms with Gasteiger partial charge in [-0.05, 0) is 32.4 Å². The molecular weight excluding hydrogens is 210 g/mol. The summed E-state index contributed by atoms with van der Waals surface area (Å²) in [5, 5.41) is 0. The number of benzene rings is 1. The lowest BCUT2D eigenvalue weighted by Gasteiger charge is -2.42. The van der Waals surface area contributed by atoms with Crippen molar-refractivity contribution in [3.63, 3.8) is 0 Å². The zero-order valence-electron chi connectivity index (χ0n) is 10.7. The van der Waals surface area contributed by atoms with Gasteiger partial charge in [-0.15, -0.1) is 0 Å². The monoisotopic (exact) mass is 231 g/mol. The molecule has 2 heterocycles. The minimum Gasteiger partial charge on any atom is -0.367 e. The third-order valence-corrected chi connectivity index (χ3v) is 4.35. The number of nitrogens with zero attached hydrogens (tertiary/aromatic N) is 1. The molecule has 0 spiro atoms. The predicted molar refractivity (Wildman–Crippen MR) is 68.9 cm³/mol. The predicted octanol–water partition coefficient (Wildman–Crippen LogP) is 2.64. The van der Waals surface area contributed by atoms with Gasteiger partial charge in [-0.1, -0.05) is 30.3 Å². The lowest BCUT2D eigenvalue weighted by molar-refractivity contribution is -0.0880. The number of fused-ring (bicyclic) bond motifs is 1. The van der Waals surface area contributed by atoms with Gasteiger partial charge in [0.2, 0.25) is 0 Å². The fraction of sp³-hybridized carbons (Fsp3) is 0.600. The number of ether oxygens (including phenoxy) is 1. The summed E-state index contributed by atoms with van der Waals surface area (Å²) >= 11 is 0. The Bertz CT molecular complexity index is 391. The van der Waals surface area contributed by atoms with E-state index >= 15 is 0 Å². The van der Waals surface area contributed by atoms with Crippen LogP contribution in [0.15, 0.2) is 30.3 Å². The van der Waals surface area contributed by atoms with Gasteiger partial charge in [0.25, 0.3) is 0 Å². The molecule has 0 amide bonds. The van der Waals surface area contributed by atoms with Gasteiger partial charge < -0.3 is 9.64 Å². The second-order valence-corrected chi connectivity index (χ2v) is 5.63. The van der Waals surface area contributed by atoms with Crippen LogP contribution in [0.1, 0.15) is 25.3 Å². The molecule has 2 aliphatic rings. The number of likely N-dealkylation sites (tertiary alicyclic amines) is 1. The van der Waals surface area contributed by atoms with Crippen LogP contribution < -0.4 is 0 Å². The van der Waals surface area contributed by atoms with Gasteiger partial charge >= 0.3 is 0 Å². The fourth-order valence-electron chi connectivity index (χ4n) is 3.57. The van der Waals surface area contributed by atoms with Crippen LogP contribution in [0.5, 0.6) is 0 Å². The Morgan fingerprint density at radius 1 is 1.29 bits per heavy atom. The zero-order valence-corrected chi connectivity index (χ0v) is 10.7. The quantitative estimate of drug-likeness (QED) is 0.736. The minimum absolute atomic E-state index is 0.00676. The molecule has 1 aromatic rings. The molecule has 3 atom stereocenters. The molecule has 2 heteroatoms. The molecule has 3 rings (SSSR count). The van der Waals surface area contributed by atoms with Gasteiger partial charge in [0.1, 0.15) is 0 Å². The molecule has 2 aliphatic heterocycles. The summed E-state index contributed by atoms with van der Waals surface area (Å²) < 4.78 is 6.36. The van der Waals surface area contributed by atoms with E-state index in [1.165, 1.54) is 18.5 Å². The SMILES string of the molecule is C[C@@H]1C[C@H]2CN(C)CC[C@]2(c2ccccc2)O1. The van der Waals surface area contributed by atoms with Gasteiger partial charge in [0, 0.05) is 19.0 Å². The third kappa shape index (κ3) is 1.80. The summed E-state index contributed by atoms with van der Waals surface area (Å²) in [5.41, 5.74) is 1.37. The van der Waals surface area contributed by atoms with Crippen LogP contribution in [0.3, 0.4) is 0 Å². The first-order chi connectivity index (χ1) is 8.21. The van der Waals surface area contributed by atoms with E-state index < -0.39 is 0 Å². The second-order valence-electron chi connectivity index (χ2n) is 5.63. The van der Waals surface area contributed by atoms with Crippen molar-refractivity contribution >= 4 is 0 Å². The van der Waals surface area contributed by atoms with Crippen molar-refractivity contribution < 1.29 is 4.74 Å². The van der Waals surface area contributed by atoms with Crippen molar-refractivity contribution in [2.75, 3.05) is 20.1 Å². The van der Waals surface area contributed by atoms with Crippen molar-refractivity contribution in [2.24, 2.45) is 5.92 Å². The first kappa shape index (κ1) is 11.2. The second kappa shape index (κ2) is 4.11. The molecule has 2 fully saturated rings. The van der Waals surface area contributed by atoms with Crippen LogP contribution in [0.25, 0.3) is 0 Å². The van der Waals surface area contributed by atoms with Gasteiger partial charge in [-0.2, -0.15) is 0 Å². The molecule has 1 aromatic carbocycles. The Kier molecular flexibility index (Phi) is 2.72. The molecule has 2 nitrogen and oxygen atoms in total. The normalized spacial score (nSPS) is 38.0. The third-order valence-electron chi connectivity index (χ3n) is 4.35. The van der Waals surface area contributed by atoms with Crippen LogP contribution in [0.2, 0.25) is 0 Å². The van der Waals surface area contributed by atoms with E-state index in [0.29, 0.717) is 12.0 Å². The number of rotatable bonds is 1. The maximum atomic E-state index is 6.36. The summed E-state index contributed by atoms with van der Waals surface area (Å²) in [6.07, 6.45) is 2.72. The van der Waals surface area contributed by atoms with Gasteiger partial charge in [-0.25, -0.2) is 0 Å². The standard InChI is InChI=1S/C15H21NO/c1-12-10-14-11-16(2)9-8-15(14,17-12)13-6-4-3-5-7-13/h3-7,12,14H,8-11H2,1-2H3/t12-,14+,15-/m1/s1. The maximum absolute atomic E-state index is 6.36. The molecule has 0 saturated carbocycles. The Labute approximate surface area is 104 Å². The Morgan fingerprint density at radius 3 is 2.82 bits per heavy atom. The highest BCUT2D eigenvalue weighted by Crippen LogP contribution is 2.48. The van der Waals surface area contributed by atoms with Crippen molar-refractivity contribution in [1.29, 1.82) is 0 Å². The topological polar surface area (TPSA) is 12.5 Å². The lowest BCUT2D eigenvalue weighted by Crippen LogP contribution is -2.46. The molecule has 0 radical (unpaired) electrons. The van der Waals surface area contributed by atoms with Crippen LogP contribution in [0, 0.1) is 5.92 Å². The molecule has 0 aliphatic carbocycles. The van der Waals surface area contributed by atoms with Gasteiger partial charge in [0.05, 0.1) is 11.7 Å². The van der Waals surface area contributed by atoms with E-state index in [-0.39, 0.29) is 5.60 Å². The largest absolute Gasteiger partial charge is 0.367 e. The highest BCUT2D eigenvalue weighted by atomic mass is 16.5. The van der Waals surface area contributed by atoms with Crippen LogP contribution in [-0.2, 0) is 10.3 Å². The first-order valence-electron chi connectivity index (χ1n) is 6.62. The fourth-order valence-corrected chi connectivity index (χ4v) is 3.57. The Hall–Kier alpha value is -0.860. The molecular formula is C15H21NO. The van der Waals surface area contributed by atoms with Crippen LogP contribution >= 0.6 is 0 Å². The highest BCUT2D eigenvalue weighted by molar-refractivity contribution is 5.26. The summed E-state index contributed by atoms with van der Waals surface area (Å²) in [5.74, 6) is 0.652. The van der Waals surface area contributed by atoms with E-state index in [4.69, 9.17) is 4.74 Å². The number of hydrogen-bond donors (Lipinski definition) is 0. The molecule has 17 heavy (non-hydrogen) atoms. The van der Waals surface area contributed by atoms with E-state index in [0.717, 1.165) is 13.0 Å². The van der Waals surface area contributed by atoms with Crippen molar-refractivity contribution in [3.05, 3.63) is 35.9 Å². The average Bonchev–Trinajstić information content (AvgIpc) is 2.67. The van der Waals surface area contributed by atoms with Gasteiger partial charge in [-0.3, -0.25) is 0 Å². The van der Waals surface area contributed by atoms with Crippen LogP contribution in [-0.4, -0.2) is 31.1 Å². The Balaban J connectivity index is 1.98. The molecule has 0 bridgehead atoms. The Morgan fingerprint density at radius 2 is 2.06 bits per heavy atom. The summed E-state index contributed by atoms with van der Waals surface area (Å²) in [4.78, 5) is 2.44. The molecule has 0 unspecified atom stereocenters. The molecule has 2 saturated heterocycles. The molecule has 92 valence electrons. The van der Waals surface area contributed by atoms with Crippen LogP contribution in [0.4, 0.5) is 0 Å². The van der Waals surface area contributed by atoms with Crippen molar-refractivity contribution in [1.82, 2.24) is 4.90 Å². The lowest BCUT2D eigenvalue weighted by atomic mass is 9.76. The highest BCUT2D eigenvalue weighted by Gasteiger charge is 2.50. The molecule has 0 aromatic heterocycles. The molecule has 0 N–H and O–H groups in total. The summed E-state index contributed by atoms with van der Waals surface area (Å²) in [6, 6.07) is 10.8. The van der Waals surface area contributed by atoms with E-state index in [1.54, 1.807) is 0 Å². The first-order valence-corrected chi connectivity index (χ1v) is 6.62. The smallest absolute Gasteiger partial charge is 0.0988 e. The van der Waals surface area contributed by atoms with Gasteiger partial charge in [0.15, 0.2) is 0 Å². The zero-order chi connectivity index (χ0) is 11.9.